The number of ether oxygens (including phenoxy) is 2. The van der Waals surface area contributed by atoms with Crippen molar-refractivity contribution in [1.29, 1.82) is 0 Å². The Hall–Kier alpha value is -3.39. The Morgan fingerprint density at radius 3 is 2.49 bits per heavy atom. The van der Waals surface area contributed by atoms with E-state index in [0.29, 0.717) is 42.1 Å². The van der Waals surface area contributed by atoms with Crippen molar-refractivity contribution in [2.24, 2.45) is 5.92 Å². The van der Waals surface area contributed by atoms with Crippen molar-refractivity contribution in [3.8, 4) is 5.75 Å². The first-order valence-electron chi connectivity index (χ1n) is 12.0. The maximum atomic E-state index is 13.4. The summed E-state index contributed by atoms with van der Waals surface area (Å²) in [6.07, 6.45) is 0.141. The van der Waals surface area contributed by atoms with Gasteiger partial charge in [0.2, 0.25) is 5.91 Å². The van der Waals surface area contributed by atoms with E-state index in [2.05, 4.69) is 5.32 Å². The number of likely N-dealkylation sites (N-methyl/N-ethyl adjacent to an activating group) is 1. The molecule has 1 N–H and O–H groups in total. The molecule has 1 heterocycles. The molecule has 188 valence electrons. The molecule has 8 nitrogen and oxygen atoms in total. The normalized spacial score (nSPS) is 21.3. The first kappa shape index (κ1) is 26.2. The van der Waals surface area contributed by atoms with Gasteiger partial charge >= 0.3 is 0 Å². The third-order valence-corrected chi connectivity index (χ3v) is 6.36. The molecule has 0 aliphatic carbocycles. The third-order valence-electron chi connectivity index (χ3n) is 6.36. The molecule has 0 saturated carbocycles. The topological polar surface area (TPSA) is 88.2 Å². The van der Waals surface area contributed by atoms with Gasteiger partial charge in [-0.05, 0) is 37.3 Å². The minimum Gasteiger partial charge on any atom is -0.491 e. The Morgan fingerprint density at radius 1 is 1.11 bits per heavy atom. The minimum absolute atomic E-state index is 0.00333. The van der Waals surface area contributed by atoms with E-state index in [4.69, 9.17) is 9.47 Å². The van der Waals surface area contributed by atoms with Crippen LogP contribution in [0.3, 0.4) is 0 Å². The second-order valence-electron chi connectivity index (χ2n) is 9.03. The smallest absolute Gasteiger partial charge is 0.257 e. The van der Waals surface area contributed by atoms with Crippen molar-refractivity contribution in [3.05, 3.63) is 59.7 Å². The summed E-state index contributed by atoms with van der Waals surface area (Å²) in [7, 11) is 3.33. The number of carbonyl (C=O) groups excluding carboxylic acids is 3. The third kappa shape index (κ3) is 6.39. The predicted octanol–water partition coefficient (Wildman–Crippen LogP) is 3.68. The van der Waals surface area contributed by atoms with Gasteiger partial charge in [-0.1, -0.05) is 32.0 Å². The second-order valence-corrected chi connectivity index (χ2v) is 9.03. The highest BCUT2D eigenvalue weighted by Crippen LogP contribution is 2.27. The summed E-state index contributed by atoms with van der Waals surface area (Å²) >= 11 is 0. The largest absolute Gasteiger partial charge is 0.491 e. The van der Waals surface area contributed by atoms with Gasteiger partial charge in [0.25, 0.3) is 11.8 Å². The average molecular weight is 482 g/mol. The summed E-state index contributed by atoms with van der Waals surface area (Å²) in [6, 6.07) is 13.7. The summed E-state index contributed by atoms with van der Waals surface area (Å²) in [5, 5.41) is 2.85. The molecule has 3 atom stereocenters. The standard InChI is InChI=1S/C27H35N3O5/c1-6-25(31)30-15-18(2)24(34-5)16-29(4)27(33)22-14-21(12-13-23(22)35-17-19(30)3)28-26(32)20-10-8-7-9-11-20/h7-14,18-19,24H,6,15-17H2,1-5H3,(H,28,32)/t18-,19+,24+/m0/s1. The van der Waals surface area contributed by atoms with Crippen LogP contribution in [0.5, 0.6) is 5.75 Å². The summed E-state index contributed by atoms with van der Waals surface area (Å²) in [5.74, 6) is -0.0548. The molecule has 0 fully saturated rings. The van der Waals surface area contributed by atoms with Crippen LogP contribution < -0.4 is 10.1 Å². The number of hydrogen-bond donors (Lipinski definition) is 1. The number of hydrogen-bond acceptors (Lipinski definition) is 5. The Labute approximate surface area is 207 Å². The first-order valence-corrected chi connectivity index (χ1v) is 12.0. The zero-order valence-electron chi connectivity index (χ0n) is 21.1. The lowest BCUT2D eigenvalue weighted by atomic mass is 10.0. The molecule has 0 radical (unpaired) electrons. The summed E-state index contributed by atoms with van der Waals surface area (Å²) < 4.78 is 11.8. The molecular formula is C27H35N3O5. The van der Waals surface area contributed by atoms with E-state index >= 15 is 0 Å². The van der Waals surface area contributed by atoms with E-state index in [-0.39, 0.29) is 42.4 Å². The molecule has 2 aromatic rings. The van der Waals surface area contributed by atoms with E-state index in [1.807, 2.05) is 31.7 Å². The van der Waals surface area contributed by atoms with Crippen molar-refractivity contribution in [1.82, 2.24) is 9.80 Å². The fraction of sp³-hybridized carbons (Fsp3) is 0.444. The second kappa shape index (κ2) is 11.8. The Morgan fingerprint density at radius 2 is 1.83 bits per heavy atom. The molecule has 3 amide bonds. The van der Waals surface area contributed by atoms with Crippen LogP contribution in [0.2, 0.25) is 0 Å². The number of carbonyl (C=O) groups is 3. The highest BCUT2D eigenvalue weighted by Gasteiger charge is 2.30. The fourth-order valence-corrected chi connectivity index (χ4v) is 4.20. The molecule has 35 heavy (non-hydrogen) atoms. The highest BCUT2D eigenvalue weighted by atomic mass is 16.5. The van der Waals surface area contributed by atoms with E-state index < -0.39 is 0 Å². The molecule has 0 bridgehead atoms. The van der Waals surface area contributed by atoms with E-state index in [1.165, 1.54) is 0 Å². The zero-order chi connectivity index (χ0) is 25.5. The van der Waals surface area contributed by atoms with E-state index in [9.17, 15) is 14.4 Å². The van der Waals surface area contributed by atoms with Crippen LogP contribution in [-0.2, 0) is 9.53 Å². The monoisotopic (exact) mass is 481 g/mol. The van der Waals surface area contributed by atoms with Gasteiger partial charge in [0.1, 0.15) is 12.4 Å². The molecule has 0 aromatic heterocycles. The quantitative estimate of drug-likeness (QED) is 0.720. The molecule has 8 heteroatoms. The lowest BCUT2D eigenvalue weighted by Gasteiger charge is -2.36. The van der Waals surface area contributed by atoms with Crippen LogP contribution in [0.4, 0.5) is 5.69 Å². The van der Waals surface area contributed by atoms with Crippen LogP contribution >= 0.6 is 0 Å². The number of nitrogens with one attached hydrogen (secondary N) is 1. The van der Waals surface area contributed by atoms with Gasteiger partial charge in [0.15, 0.2) is 0 Å². The SMILES string of the molecule is CCC(=O)N1C[C@H](C)[C@H](OC)CN(C)C(=O)c2cc(NC(=O)c3ccccc3)ccc2OC[C@H]1C. The summed E-state index contributed by atoms with van der Waals surface area (Å²) in [4.78, 5) is 42.2. The molecule has 1 aliphatic rings. The summed E-state index contributed by atoms with van der Waals surface area (Å²) in [5.41, 5.74) is 1.34. The fourth-order valence-electron chi connectivity index (χ4n) is 4.20. The Balaban J connectivity index is 1.94. The van der Waals surface area contributed by atoms with Gasteiger partial charge in [-0.15, -0.1) is 0 Å². The number of fused-ring (bicyclic) bond motifs is 1. The Bertz CT molecular complexity index is 1040. The van der Waals surface area contributed by atoms with E-state index in [0.717, 1.165) is 0 Å². The number of benzene rings is 2. The molecule has 2 aromatic carbocycles. The van der Waals surface area contributed by atoms with Crippen LogP contribution in [-0.4, -0.2) is 73.5 Å². The molecular weight excluding hydrogens is 446 g/mol. The number of amides is 3. The number of rotatable bonds is 4. The van der Waals surface area contributed by atoms with Crippen molar-refractivity contribution < 1.29 is 23.9 Å². The number of anilines is 1. The van der Waals surface area contributed by atoms with Gasteiger partial charge in [-0.3, -0.25) is 14.4 Å². The molecule has 0 saturated heterocycles. The molecule has 0 unspecified atom stereocenters. The maximum absolute atomic E-state index is 13.4. The van der Waals surface area contributed by atoms with E-state index in [1.54, 1.807) is 61.5 Å². The number of nitrogens with zero attached hydrogens (tertiary/aromatic N) is 2. The van der Waals surface area contributed by atoms with Crippen molar-refractivity contribution in [2.75, 3.05) is 39.2 Å². The molecule has 0 spiro atoms. The van der Waals surface area contributed by atoms with Crippen LogP contribution in [0.15, 0.2) is 48.5 Å². The molecule has 3 rings (SSSR count). The van der Waals surface area contributed by atoms with Crippen molar-refractivity contribution in [2.45, 2.75) is 39.3 Å². The van der Waals surface area contributed by atoms with Gasteiger partial charge in [-0.2, -0.15) is 0 Å². The van der Waals surface area contributed by atoms with Gasteiger partial charge in [-0.25, -0.2) is 0 Å². The van der Waals surface area contributed by atoms with Crippen molar-refractivity contribution in [3.63, 3.8) is 0 Å². The Kier molecular flexibility index (Phi) is 8.87. The van der Waals surface area contributed by atoms with Crippen LogP contribution in [0.25, 0.3) is 0 Å². The summed E-state index contributed by atoms with van der Waals surface area (Å²) in [6.45, 7) is 6.89. The highest BCUT2D eigenvalue weighted by molar-refractivity contribution is 6.05. The zero-order valence-corrected chi connectivity index (χ0v) is 21.1. The maximum Gasteiger partial charge on any atom is 0.257 e. The lowest BCUT2D eigenvalue weighted by molar-refractivity contribution is -0.135. The first-order chi connectivity index (χ1) is 16.7. The van der Waals surface area contributed by atoms with Gasteiger partial charge < -0.3 is 24.6 Å². The van der Waals surface area contributed by atoms with Crippen LogP contribution in [0.1, 0.15) is 47.9 Å². The number of methoxy groups -OCH3 is 1. The average Bonchev–Trinajstić information content (AvgIpc) is 2.88. The lowest BCUT2D eigenvalue weighted by Crippen LogP contribution is -2.48. The minimum atomic E-state index is -0.268. The van der Waals surface area contributed by atoms with Crippen molar-refractivity contribution >= 4 is 23.4 Å². The predicted molar refractivity (Wildman–Crippen MR) is 135 cm³/mol. The molecule has 1 aliphatic heterocycles. The van der Waals surface area contributed by atoms with Gasteiger partial charge in [0.05, 0.1) is 17.7 Å². The van der Waals surface area contributed by atoms with Gasteiger partial charge in [0, 0.05) is 50.8 Å². The van der Waals surface area contributed by atoms with Crippen LogP contribution in [0, 0.1) is 5.92 Å².